The second-order valence-electron chi connectivity index (χ2n) is 3.25. The molecular formula is C10H20. The molecule has 10 heavy (non-hydrogen) atoms. The first kappa shape index (κ1) is 9.74. The molecule has 0 spiro atoms. The highest BCUT2D eigenvalue weighted by Crippen LogP contribution is 2.07. The maximum atomic E-state index is 2.29. The van der Waals surface area contributed by atoms with Crippen LogP contribution < -0.4 is 0 Å². The van der Waals surface area contributed by atoms with E-state index in [1.807, 2.05) is 0 Å². The normalized spacial score (nSPS) is 11.6. The minimum Gasteiger partial charge on any atom is -0.0917 e. The molecule has 0 saturated heterocycles. The third kappa shape index (κ3) is 7.74. The molecule has 0 aliphatic heterocycles. The minimum atomic E-state index is 0.880. The summed E-state index contributed by atoms with van der Waals surface area (Å²) in [4.78, 5) is 0. The topological polar surface area (TPSA) is 0 Å². The lowest BCUT2D eigenvalue weighted by Gasteiger charge is -2.01. The van der Waals surface area contributed by atoms with Gasteiger partial charge in [-0.1, -0.05) is 38.8 Å². The monoisotopic (exact) mass is 140 g/mol. The van der Waals surface area contributed by atoms with Crippen LogP contribution in [0.3, 0.4) is 0 Å². The van der Waals surface area contributed by atoms with E-state index in [9.17, 15) is 0 Å². The average molecular weight is 140 g/mol. The Balaban J connectivity index is 2.91. The first-order valence-corrected chi connectivity index (χ1v) is 4.38. The summed E-state index contributed by atoms with van der Waals surface area (Å²) in [5, 5.41) is 0. The lowest BCUT2D eigenvalue weighted by molar-refractivity contribution is 0.540. The zero-order chi connectivity index (χ0) is 7.82. The summed E-state index contributed by atoms with van der Waals surface area (Å²) in [6.45, 7) is 6.66. The molecule has 0 aliphatic rings. The minimum absolute atomic E-state index is 0.880. The molecule has 0 fully saturated rings. The average Bonchev–Trinajstić information content (AvgIpc) is 1.87. The van der Waals surface area contributed by atoms with Gasteiger partial charge in [-0.05, 0) is 25.7 Å². The van der Waals surface area contributed by atoms with Crippen LogP contribution in [-0.4, -0.2) is 0 Å². The highest BCUT2D eigenvalue weighted by Gasteiger charge is 1.91. The maximum absolute atomic E-state index is 2.29. The molecule has 0 aliphatic carbocycles. The molecule has 0 aromatic carbocycles. The van der Waals surface area contributed by atoms with Crippen LogP contribution in [0.1, 0.15) is 46.5 Å². The predicted octanol–water partition coefficient (Wildman–Crippen LogP) is 3.78. The fourth-order valence-electron chi connectivity index (χ4n) is 0.981. The molecule has 0 rings (SSSR count). The first-order chi connectivity index (χ1) is 4.77. The van der Waals surface area contributed by atoms with E-state index < -0.39 is 0 Å². The fourth-order valence-corrected chi connectivity index (χ4v) is 0.981. The molecule has 0 atom stereocenters. The van der Waals surface area contributed by atoms with Gasteiger partial charge in [-0.25, -0.2) is 0 Å². The smallest absolute Gasteiger partial charge is 0.0351 e. The summed E-state index contributed by atoms with van der Waals surface area (Å²) in [6, 6.07) is 0. The summed E-state index contributed by atoms with van der Waals surface area (Å²) in [7, 11) is 0. The molecular weight excluding hydrogens is 120 g/mol. The fraction of sp³-hybridized carbons (Fsp3) is 0.800. The highest BCUT2D eigenvalue weighted by molar-refractivity contribution is 4.76. The van der Waals surface area contributed by atoms with Crippen LogP contribution in [0.15, 0.2) is 12.2 Å². The van der Waals surface area contributed by atoms with Crippen LogP contribution >= 0.6 is 0 Å². The Morgan fingerprint density at radius 2 is 1.90 bits per heavy atom. The second-order valence-corrected chi connectivity index (χ2v) is 3.25. The summed E-state index contributed by atoms with van der Waals surface area (Å²) in [6.07, 6.45) is 9.79. The van der Waals surface area contributed by atoms with E-state index in [0.29, 0.717) is 0 Å². The van der Waals surface area contributed by atoms with Crippen LogP contribution in [0.4, 0.5) is 0 Å². The van der Waals surface area contributed by atoms with E-state index in [2.05, 4.69) is 32.9 Å². The van der Waals surface area contributed by atoms with Crippen LogP contribution in [0.5, 0.6) is 0 Å². The summed E-state index contributed by atoms with van der Waals surface area (Å²) in [5.74, 6) is 0.880. The lowest BCUT2D eigenvalue weighted by Crippen LogP contribution is -1.85. The molecule has 0 amide bonds. The van der Waals surface area contributed by atoms with Crippen molar-refractivity contribution in [2.24, 2.45) is 5.92 Å². The lowest BCUT2D eigenvalue weighted by atomic mass is 10.1. The standard InChI is InChI=1S/C10H20/c1-4-5-6-7-8-9-10(2)3/h4-5,10H,6-9H2,1-3H3/b5-4-. The number of rotatable bonds is 5. The van der Waals surface area contributed by atoms with Gasteiger partial charge in [0.15, 0.2) is 0 Å². The molecule has 0 heterocycles. The summed E-state index contributed by atoms with van der Waals surface area (Å²) >= 11 is 0. The van der Waals surface area contributed by atoms with Crippen molar-refractivity contribution in [2.45, 2.75) is 46.5 Å². The third-order valence-electron chi connectivity index (χ3n) is 1.64. The number of hydrogen-bond donors (Lipinski definition) is 0. The molecule has 0 aromatic heterocycles. The maximum Gasteiger partial charge on any atom is -0.0351 e. The van der Waals surface area contributed by atoms with Gasteiger partial charge in [0.1, 0.15) is 0 Å². The zero-order valence-electron chi connectivity index (χ0n) is 7.56. The molecule has 0 N–H and O–H groups in total. The summed E-state index contributed by atoms with van der Waals surface area (Å²) < 4.78 is 0. The van der Waals surface area contributed by atoms with Crippen LogP contribution in [0, 0.1) is 5.92 Å². The number of unbranched alkanes of at least 4 members (excludes halogenated alkanes) is 2. The second kappa shape index (κ2) is 6.85. The molecule has 60 valence electrons. The molecule has 0 unspecified atom stereocenters. The third-order valence-corrected chi connectivity index (χ3v) is 1.64. The van der Waals surface area contributed by atoms with Crippen LogP contribution in [0.25, 0.3) is 0 Å². The SMILES string of the molecule is C/C=C\CCCCC(C)C. The van der Waals surface area contributed by atoms with E-state index in [0.717, 1.165) is 5.92 Å². The Morgan fingerprint density at radius 3 is 2.40 bits per heavy atom. The Hall–Kier alpha value is -0.260. The molecule has 0 radical (unpaired) electrons. The van der Waals surface area contributed by atoms with Gasteiger partial charge in [-0.3, -0.25) is 0 Å². The summed E-state index contributed by atoms with van der Waals surface area (Å²) in [5.41, 5.74) is 0. The van der Waals surface area contributed by atoms with Gasteiger partial charge in [-0.2, -0.15) is 0 Å². The molecule has 0 aromatic rings. The van der Waals surface area contributed by atoms with Crippen molar-refractivity contribution in [3.8, 4) is 0 Å². The Labute approximate surface area is 65.3 Å². The van der Waals surface area contributed by atoms with Gasteiger partial charge >= 0.3 is 0 Å². The van der Waals surface area contributed by atoms with E-state index >= 15 is 0 Å². The molecule has 0 bridgehead atoms. The van der Waals surface area contributed by atoms with Crippen molar-refractivity contribution < 1.29 is 0 Å². The predicted molar refractivity (Wildman–Crippen MR) is 48.1 cm³/mol. The number of hydrogen-bond acceptors (Lipinski definition) is 0. The quantitative estimate of drug-likeness (QED) is 0.402. The zero-order valence-corrected chi connectivity index (χ0v) is 7.56. The van der Waals surface area contributed by atoms with Crippen molar-refractivity contribution in [1.29, 1.82) is 0 Å². The first-order valence-electron chi connectivity index (χ1n) is 4.38. The van der Waals surface area contributed by atoms with E-state index in [1.54, 1.807) is 0 Å². The molecule has 0 saturated carbocycles. The van der Waals surface area contributed by atoms with Gasteiger partial charge < -0.3 is 0 Å². The van der Waals surface area contributed by atoms with Crippen molar-refractivity contribution in [2.75, 3.05) is 0 Å². The van der Waals surface area contributed by atoms with Crippen LogP contribution in [-0.2, 0) is 0 Å². The van der Waals surface area contributed by atoms with Gasteiger partial charge in [0.25, 0.3) is 0 Å². The van der Waals surface area contributed by atoms with E-state index in [4.69, 9.17) is 0 Å². The van der Waals surface area contributed by atoms with Gasteiger partial charge in [0.05, 0.1) is 0 Å². The van der Waals surface area contributed by atoms with Crippen molar-refractivity contribution >= 4 is 0 Å². The highest BCUT2D eigenvalue weighted by atomic mass is 14.0. The number of allylic oxidation sites excluding steroid dienone is 2. The van der Waals surface area contributed by atoms with Gasteiger partial charge in [0, 0.05) is 0 Å². The van der Waals surface area contributed by atoms with Crippen molar-refractivity contribution in [1.82, 2.24) is 0 Å². The molecule has 0 heteroatoms. The van der Waals surface area contributed by atoms with Crippen LogP contribution in [0.2, 0.25) is 0 Å². The largest absolute Gasteiger partial charge is 0.0917 e. The van der Waals surface area contributed by atoms with Gasteiger partial charge in [0.2, 0.25) is 0 Å². The Kier molecular flexibility index (Phi) is 6.68. The van der Waals surface area contributed by atoms with E-state index in [-0.39, 0.29) is 0 Å². The van der Waals surface area contributed by atoms with Gasteiger partial charge in [-0.15, -0.1) is 0 Å². The molecule has 0 nitrogen and oxygen atoms in total. The van der Waals surface area contributed by atoms with E-state index in [1.165, 1.54) is 25.7 Å². The Bertz CT molecular complexity index is 80.0. The van der Waals surface area contributed by atoms with Crippen molar-refractivity contribution in [3.63, 3.8) is 0 Å². The Morgan fingerprint density at radius 1 is 1.20 bits per heavy atom. The van der Waals surface area contributed by atoms with Crippen molar-refractivity contribution in [3.05, 3.63) is 12.2 Å².